The molecule has 0 radical (unpaired) electrons. The molecule has 25 heavy (non-hydrogen) atoms. The second kappa shape index (κ2) is 7.35. The van der Waals surface area contributed by atoms with Crippen molar-refractivity contribution in [2.24, 2.45) is 0 Å². The number of aromatic nitrogens is 2. The average Bonchev–Trinajstić information content (AvgIpc) is 2.66. The van der Waals surface area contributed by atoms with Crippen molar-refractivity contribution < 1.29 is 19.4 Å². The minimum Gasteiger partial charge on any atom is -0.507 e. The number of hydrogen-bond donors (Lipinski definition) is 1. The number of phenolic OH excluding ortho intramolecular Hbond substituents is 1. The van der Waals surface area contributed by atoms with Crippen LogP contribution in [0, 0.1) is 0 Å². The monoisotopic (exact) mass is 334 g/mol. The summed E-state index contributed by atoms with van der Waals surface area (Å²) in [6, 6.07) is 11.6. The van der Waals surface area contributed by atoms with Crippen molar-refractivity contribution in [2.45, 2.75) is 6.61 Å². The Morgan fingerprint density at radius 1 is 1.00 bits per heavy atom. The Labute approximate surface area is 143 Å². The van der Waals surface area contributed by atoms with Crippen molar-refractivity contribution >= 4 is 12.6 Å². The maximum absolute atomic E-state index is 11.1. The van der Waals surface area contributed by atoms with Crippen LogP contribution < -0.4 is 4.74 Å². The molecule has 0 saturated heterocycles. The summed E-state index contributed by atoms with van der Waals surface area (Å²) in [6.45, 7) is 0.145. The molecule has 0 aliphatic rings. The van der Waals surface area contributed by atoms with Gasteiger partial charge >= 0.3 is 0 Å². The van der Waals surface area contributed by atoms with Crippen LogP contribution in [0.4, 0.5) is 0 Å². The Balaban J connectivity index is 1.91. The maximum atomic E-state index is 11.1. The lowest BCUT2D eigenvalue weighted by molar-refractivity contribution is 0.111. The third-order valence-electron chi connectivity index (χ3n) is 3.61. The second-order valence-corrected chi connectivity index (χ2v) is 5.19. The number of benzene rings is 1. The van der Waals surface area contributed by atoms with Gasteiger partial charge in [0, 0.05) is 23.5 Å². The van der Waals surface area contributed by atoms with E-state index in [1.807, 2.05) is 6.07 Å². The van der Waals surface area contributed by atoms with Crippen LogP contribution in [0.5, 0.6) is 11.5 Å². The molecule has 0 saturated carbocycles. The van der Waals surface area contributed by atoms with Gasteiger partial charge in [-0.2, -0.15) is 0 Å². The van der Waals surface area contributed by atoms with Gasteiger partial charge in [0.2, 0.25) is 0 Å². The van der Waals surface area contributed by atoms with Crippen LogP contribution >= 0.6 is 0 Å². The molecule has 0 atom stereocenters. The first-order valence-electron chi connectivity index (χ1n) is 7.48. The largest absolute Gasteiger partial charge is 0.507 e. The molecule has 6 nitrogen and oxygen atoms in total. The topological polar surface area (TPSA) is 89.4 Å². The average molecular weight is 334 g/mol. The SMILES string of the molecule is O=Cc1cc(-c2ncccc2COc2cccc(O)c2C=O)ccn1. The van der Waals surface area contributed by atoms with Crippen molar-refractivity contribution in [1.82, 2.24) is 9.97 Å². The normalized spacial score (nSPS) is 10.2. The van der Waals surface area contributed by atoms with Gasteiger partial charge in [-0.1, -0.05) is 12.1 Å². The van der Waals surface area contributed by atoms with Gasteiger partial charge < -0.3 is 9.84 Å². The minimum absolute atomic E-state index is 0.0973. The molecule has 0 fully saturated rings. The summed E-state index contributed by atoms with van der Waals surface area (Å²) in [4.78, 5) is 30.3. The summed E-state index contributed by atoms with van der Waals surface area (Å²) in [7, 11) is 0. The molecule has 1 N–H and O–H groups in total. The number of aldehydes is 2. The molecule has 6 heteroatoms. The lowest BCUT2D eigenvalue weighted by Crippen LogP contribution is -2.02. The molecule has 0 spiro atoms. The van der Waals surface area contributed by atoms with Crippen molar-refractivity contribution in [3.8, 4) is 22.8 Å². The molecule has 2 heterocycles. The number of pyridine rings is 2. The van der Waals surface area contributed by atoms with Crippen molar-refractivity contribution in [3.63, 3.8) is 0 Å². The molecule has 0 bridgehead atoms. The number of rotatable bonds is 6. The summed E-state index contributed by atoms with van der Waals surface area (Å²) in [5, 5.41) is 9.72. The standard InChI is InChI=1S/C19H14N2O4/c22-10-15-9-13(6-8-20-15)19-14(3-2-7-21-19)12-25-18-5-1-4-17(24)16(18)11-23/h1-11,24H,12H2. The van der Waals surface area contributed by atoms with Crippen molar-refractivity contribution in [3.05, 3.63) is 71.7 Å². The zero-order chi connectivity index (χ0) is 17.6. The Morgan fingerprint density at radius 2 is 1.88 bits per heavy atom. The van der Waals surface area contributed by atoms with E-state index in [1.54, 1.807) is 36.5 Å². The number of phenols is 1. The molecule has 0 amide bonds. The van der Waals surface area contributed by atoms with Crippen LogP contribution in [0.25, 0.3) is 11.3 Å². The molecule has 3 aromatic rings. The number of nitrogens with zero attached hydrogens (tertiary/aromatic N) is 2. The first-order valence-corrected chi connectivity index (χ1v) is 7.48. The zero-order valence-corrected chi connectivity index (χ0v) is 13.1. The lowest BCUT2D eigenvalue weighted by Gasteiger charge is -2.12. The van der Waals surface area contributed by atoms with Crippen LogP contribution in [0.3, 0.4) is 0 Å². The number of ether oxygens (including phenoxy) is 1. The fourth-order valence-corrected chi connectivity index (χ4v) is 2.41. The minimum atomic E-state index is -0.135. The van der Waals surface area contributed by atoms with Gasteiger partial charge in [0.15, 0.2) is 12.6 Å². The Hall–Kier alpha value is -3.54. The second-order valence-electron chi connectivity index (χ2n) is 5.19. The number of aromatic hydroxyl groups is 1. The Bertz CT molecular complexity index is 925. The number of carbonyl (C=O) groups is 2. The van der Waals surface area contributed by atoms with Gasteiger partial charge in [0.25, 0.3) is 0 Å². The first-order chi connectivity index (χ1) is 12.2. The van der Waals surface area contributed by atoms with E-state index in [4.69, 9.17) is 4.74 Å². The smallest absolute Gasteiger partial charge is 0.168 e. The van der Waals surface area contributed by atoms with Crippen molar-refractivity contribution in [1.29, 1.82) is 0 Å². The predicted molar refractivity (Wildman–Crippen MR) is 90.7 cm³/mol. The van der Waals surface area contributed by atoms with Crippen LogP contribution in [-0.4, -0.2) is 27.6 Å². The molecule has 0 unspecified atom stereocenters. The van der Waals surface area contributed by atoms with E-state index in [-0.39, 0.29) is 23.7 Å². The molecule has 1 aromatic carbocycles. The van der Waals surface area contributed by atoms with Gasteiger partial charge in [-0.15, -0.1) is 0 Å². The highest BCUT2D eigenvalue weighted by Crippen LogP contribution is 2.28. The third-order valence-corrected chi connectivity index (χ3v) is 3.61. The van der Waals surface area contributed by atoms with E-state index in [2.05, 4.69) is 9.97 Å². The van der Waals surface area contributed by atoms with E-state index in [9.17, 15) is 14.7 Å². The highest BCUT2D eigenvalue weighted by atomic mass is 16.5. The van der Waals surface area contributed by atoms with Gasteiger partial charge in [-0.05, 0) is 30.3 Å². The summed E-state index contributed by atoms with van der Waals surface area (Å²) < 4.78 is 5.70. The van der Waals surface area contributed by atoms with E-state index >= 15 is 0 Å². The van der Waals surface area contributed by atoms with Crippen LogP contribution in [0.2, 0.25) is 0 Å². The molecule has 124 valence electrons. The molecular formula is C19H14N2O4. The van der Waals surface area contributed by atoms with Gasteiger partial charge in [0.1, 0.15) is 23.8 Å². The first kappa shape index (κ1) is 16.3. The molecule has 2 aromatic heterocycles. The summed E-state index contributed by atoms with van der Waals surface area (Å²) in [5.74, 6) is 0.150. The summed E-state index contributed by atoms with van der Waals surface area (Å²) >= 11 is 0. The van der Waals surface area contributed by atoms with Crippen LogP contribution in [0.1, 0.15) is 26.4 Å². The maximum Gasteiger partial charge on any atom is 0.168 e. The van der Waals surface area contributed by atoms with Gasteiger partial charge in [0.05, 0.1) is 11.3 Å². The van der Waals surface area contributed by atoms with E-state index < -0.39 is 0 Å². The highest BCUT2D eigenvalue weighted by molar-refractivity contribution is 5.83. The Morgan fingerprint density at radius 3 is 2.68 bits per heavy atom. The van der Waals surface area contributed by atoms with Crippen molar-refractivity contribution in [2.75, 3.05) is 0 Å². The van der Waals surface area contributed by atoms with Crippen LogP contribution in [-0.2, 0) is 6.61 Å². The van der Waals surface area contributed by atoms with E-state index in [0.717, 1.165) is 11.1 Å². The summed E-state index contributed by atoms with van der Waals surface area (Å²) in [6.07, 6.45) is 4.41. The quantitative estimate of drug-likeness (QED) is 0.697. The number of carbonyl (C=O) groups excluding carboxylic acids is 2. The fraction of sp³-hybridized carbons (Fsp3) is 0.0526. The molecular weight excluding hydrogens is 320 g/mol. The third kappa shape index (κ3) is 3.53. The number of hydrogen-bond acceptors (Lipinski definition) is 6. The summed E-state index contributed by atoms with van der Waals surface area (Å²) in [5.41, 5.74) is 2.57. The van der Waals surface area contributed by atoms with E-state index in [0.29, 0.717) is 24.0 Å². The molecule has 0 aliphatic carbocycles. The molecule has 3 rings (SSSR count). The predicted octanol–water partition coefficient (Wildman–Crippen LogP) is 3.05. The van der Waals surface area contributed by atoms with Crippen LogP contribution in [0.15, 0.2) is 54.9 Å². The Kier molecular flexibility index (Phi) is 4.80. The van der Waals surface area contributed by atoms with Gasteiger partial charge in [-0.3, -0.25) is 19.6 Å². The zero-order valence-electron chi connectivity index (χ0n) is 13.1. The van der Waals surface area contributed by atoms with E-state index in [1.165, 1.54) is 12.3 Å². The lowest BCUT2D eigenvalue weighted by atomic mass is 10.1. The fourth-order valence-electron chi connectivity index (χ4n) is 2.41. The molecule has 0 aliphatic heterocycles. The van der Waals surface area contributed by atoms with Gasteiger partial charge in [-0.25, -0.2) is 0 Å². The highest BCUT2D eigenvalue weighted by Gasteiger charge is 2.11.